The van der Waals surface area contributed by atoms with Crippen molar-refractivity contribution in [3.05, 3.63) is 39.4 Å². The van der Waals surface area contributed by atoms with Gasteiger partial charge in [-0.25, -0.2) is 0 Å². The van der Waals surface area contributed by atoms with Crippen LogP contribution in [-0.2, 0) is 0 Å². The van der Waals surface area contributed by atoms with E-state index in [4.69, 9.17) is 23.2 Å². The van der Waals surface area contributed by atoms with E-state index in [-0.39, 0.29) is 0 Å². The quantitative estimate of drug-likeness (QED) is 0.558. The second-order valence-corrected chi connectivity index (χ2v) is 6.26. The second kappa shape index (κ2) is 6.98. The highest BCUT2D eigenvalue weighted by molar-refractivity contribution is 9.09. The summed E-state index contributed by atoms with van der Waals surface area (Å²) in [5.74, 6) is 0.702. The Bertz CT molecular complexity index is 434. The molecule has 0 aromatic heterocycles. The summed E-state index contributed by atoms with van der Waals surface area (Å²) >= 11 is 15.9. The number of rotatable bonds is 3. The average molecular weight is 348 g/mol. The molecule has 0 atom stereocenters. The molecule has 18 heavy (non-hydrogen) atoms. The Kier molecular flexibility index (Phi) is 5.59. The van der Waals surface area contributed by atoms with E-state index in [1.807, 2.05) is 18.2 Å². The summed E-state index contributed by atoms with van der Waals surface area (Å²) in [5, 5.41) is 2.43. The fraction of sp³-hybridized carbons (Fsp3) is 0.467. The fourth-order valence-electron chi connectivity index (χ4n) is 2.56. The Balaban J connectivity index is 2.24. The number of hydrogen-bond donors (Lipinski definition) is 0. The number of alkyl halides is 1. The maximum Gasteiger partial charge on any atom is 0.0479 e. The maximum atomic E-state index is 6.22. The van der Waals surface area contributed by atoms with Crippen molar-refractivity contribution in [2.24, 2.45) is 5.92 Å². The Hall–Kier alpha value is 0.0200. The predicted molar refractivity (Wildman–Crippen MR) is 84.8 cm³/mol. The molecule has 98 valence electrons. The zero-order chi connectivity index (χ0) is 13.0. The van der Waals surface area contributed by atoms with Crippen molar-refractivity contribution < 1.29 is 0 Å². The highest BCUT2D eigenvalue weighted by atomic mass is 79.9. The Morgan fingerprint density at radius 2 is 1.94 bits per heavy atom. The average Bonchev–Trinajstić information content (AvgIpc) is 2.41. The fourth-order valence-corrected chi connectivity index (χ4v) is 3.54. The molecule has 1 aliphatic carbocycles. The molecule has 0 spiro atoms. The lowest BCUT2D eigenvalue weighted by atomic mass is 9.84. The van der Waals surface area contributed by atoms with Gasteiger partial charge >= 0.3 is 0 Å². The van der Waals surface area contributed by atoms with Gasteiger partial charge in [-0.1, -0.05) is 70.0 Å². The number of halogens is 3. The first-order valence-corrected chi connectivity index (χ1v) is 8.30. The molecule has 1 saturated carbocycles. The zero-order valence-corrected chi connectivity index (χ0v) is 13.4. The molecule has 0 N–H and O–H groups in total. The van der Waals surface area contributed by atoms with Gasteiger partial charge in [-0.05, 0) is 42.5 Å². The molecule has 0 amide bonds. The number of hydrogen-bond acceptors (Lipinski definition) is 0. The third kappa shape index (κ3) is 3.76. The van der Waals surface area contributed by atoms with Gasteiger partial charge < -0.3 is 0 Å². The monoisotopic (exact) mass is 346 g/mol. The minimum atomic E-state index is 0.702. The molecule has 0 nitrogen and oxygen atoms in total. The second-order valence-electron chi connectivity index (χ2n) is 4.85. The van der Waals surface area contributed by atoms with Gasteiger partial charge in [-0.2, -0.15) is 0 Å². The van der Waals surface area contributed by atoms with Gasteiger partial charge in [0.15, 0.2) is 0 Å². The molecule has 0 saturated heterocycles. The topological polar surface area (TPSA) is 0 Å². The van der Waals surface area contributed by atoms with Crippen LogP contribution in [0.4, 0.5) is 0 Å². The SMILES string of the molecule is Clc1ccc(Cl)c(/C=C(/CBr)C2CCCCC2)c1. The molecule has 0 unspecified atom stereocenters. The lowest BCUT2D eigenvalue weighted by Gasteiger charge is -2.23. The normalized spacial score (nSPS) is 18.1. The van der Waals surface area contributed by atoms with Crippen LogP contribution in [0.1, 0.15) is 37.7 Å². The molecule has 0 aliphatic heterocycles. The van der Waals surface area contributed by atoms with E-state index < -0.39 is 0 Å². The van der Waals surface area contributed by atoms with E-state index >= 15 is 0 Å². The highest BCUT2D eigenvalue weighted by Gasteiger charge is 2.17. The molecule has 3 heteroatoms. The molecular formula is C15H17BrCl2. The summed E-state index contributed by atoms with van der Waals surface area (Å²) in [7, 11) is 0. The summed E-state index contributed by atoms with van der Waals surface area (Å²) in [4.78, 5) is 0. The first-order chi connectivity index (χ1) is 8.70. The van der Waals surface area contributed by atoms with Crippen LogP contribution in [0.3, 0.4) is 0 Å². The van der Waals surface area contributed by atoms with Crippen molar-refractivity contribution >= 4 is 45.2 Å². The van der Waals surface area contributed by atoms with Crippen LogP contribution in [-0.4, -0.2) is 5.33 Å². The molecule has 1 aromatic carbocycles. The van der Waals surface area contributed by atoms with E-state index in [2.05, 4.69) is 22.0 Å². The lowest BCUT2D eigenvalue weighted by Crippen LogP contribution is -2.10. The molecule has 1 fully saturated rings. The minimum absolute atomic E-state index is 0.702. The van der Waals surface area contributed by atoms with Crippen LogP contribution >= 0.6 is 39.1 Å². The third-order valence-electron chi connectivity index (χ3n) is 3.58. The van der Waals surface area contributed by atoms with Crippen LogP contribution < -0.4 is 0 Å². The van der Waals surface area contributed by atoms with Crippen molar-refractivity contribution in [1.82, 2.24) is 0 Å². The van der Waals surface area contributed by atoms with Crippen LogP contribution in [0.25, 0.3) is 6.08 Å². The first kappa shape index (κ1) is 14.4. The Labute approximate surface area is 127 Å². The number of benzene rings is 1. The van der Waals surface area contributed by atoms with Gasteiger partial charge in [0.05, 0.1) is 0 Å². The van der Waals surface area contributed by atoms with E-state index in [9.17, 15) is 0 Å². The molecule has 0 heterocycles. The van der Waals surface area contributed by atoms with Gasteiger partial charge in [-0.3, -0.25) is 0 Å². The van der Waals surface area contributed by atoms with Crippen LogP contribution in [0.2, 0.25) is 10.0 Å². The van der Waals surface area contributed by atoms with Gasteiger partial charge in [0.2, 0.25) is 0 Å². The van der Waals surface area contributed by atoms with E-state index in [1.165, 1.54) is 37.7 Å². The third-order valence-corrected chi connectivity index (χ3v) is 4.81. The van der Waals surface area contributed by atoms with Crippen molar-refractivity contribution in [1.29, 1.82) is 0 Å². The van der Waals surface area contributed by atoms with Crippen molar-refractivity contribution in [2.75, 3.05) is 5.33 Å². The minimum Gasteiger partial charge on any atom is -0.0880 e. The van der Waals surface area contributed by atoms with Crippen LogP contribution in [0.5, 0.6) is 0 Å². The molecule has 2 rings (SSSR count). The van der Waals surface area contributed by atoms with E-state index in [0.717, 1.165) is 20.9 Å². The first-order valence-electron chi connectivity index (χ1n) is 6.42. The van der Waals surface area contributed by atoms with Crippen molar-refractivity contribution in [2.45, 2.75) is 32.1 Å². The van der Waals surface area contributed by atoms with E-state index in [1.54, 1.807) is 0 Å². The predicted octanol–water partition coefficient (Wildman–Crippen LogP) is 6.35. The highest BCUT2D eigenvalue weighted by Crippen LogP contribution is 2.33. The lowest BCUT2D eigenvalue weighted by molar-refractivity contribution is 0.405. The molecule has 1 aromatic rings. The zero-order valence-electron chi connectivity index (χ0n) is 10.3. The Morgan fingerprint density at radius 1 is 1.22 bits per heavy atom. The van der Waals surface area contributed by atoms with Crippen molar-refractivity contribution in [3.63, 3.8) is 0 Å². The van der Waals surface area contributed by atoms with Gasteiger partial charge in [0.25, 0.3) is 0 Å². The Morgan fingerprint density at radius 3 is 2.61 bits per heavy atom. The van der Waals surface area contributed by atoms with Crippen LogP contribution in [0, 0.1) is 5.92 Å². The van der Waals surface area contributed by atoms with Crippen molar-refractivity contribution in [3.8, 4) is 0 Å². The largest absolute Gasteiger partial charge is 0.0880 e. The summed E-state index contributed by atoms with van der Waals surface area (Å²) in [6.45, 7) is 0. The van der Waals surface area contributed by atoms with Gasteiger partial charge in [-0.15, -0.1) is 0 Å². The molecule has 1 aliphatic rings. The standard InChI is InChI=1S/C15H17BrCl2/c16-10-13(11-4-2-1-3-5-11)8-12-9-14(17)6-7-15(12)18/h6-9,11H,1-5,10H2/b13-8-. The van der Waals surface area contributed by atoms with Gasteiger partial charge in [0, 0.05) is 15.4 Å². The maximum absolute atomic E-state index is 6.22. The van der Waals surface area contributed by atoms with E-state index in [0.29, 0.717) is 5.92 Å². The summed E-state index contributed by atoms with van der Waals surface area (Å²) < 4.78 is 0. The molecular weight excluding hydrogens is 331 g/mol. The van der Waals surface area contributed by atoms with Crippen LogP contribution in [0.15, 0.2) is 23.8 Å². The molecule has 0 radical (unpaired) electrons. The summed E-state index contributed by atoms with van der Waals surface area (Å²) in [5.41, 5.74) is 2.48. The number of allylic oxidation sites excluding steroid dienone is 1. The molecule has 0 bridgehead atoms. The summed E-state index contributed by atoms with van der Waals surface area (Å²) in [6, 6.07) is 5.63. The van der Waals surface area contributed by atoms with Gasteiger partial charge in [0.1, 0.15) is 0 Å². The summed E-state index contributed by atoms with van der Waals surface area (Å²) in [6.07, 6.45) is 8.88. The smallest absolute Gasteiger partial charge is 0.0479 e.